The summed E-state index contributed by atoms with van der Waals surface area (Å²) in [5.41, 5.74) is 1.39. The zero-order valence-electron chi connectivity index (χ0n) is 11.3. The number of hydrogen-bond acceptors (Lipinski definition) is 2. The Morgan fingerprint density at radius 1 is 1.47 bits per heavy atom. The molecule has 2 atom stereocenters. The predicted molar refractivity (Wildman–Crippen MR) is 71.7 cm³/mol. The summed E-state index contributed by atoms with van der Waals surface area (Å²) in [6.45, 7) is 11.6. The molecular weight excluding hydrogens is 212 g/mol. The van der Waals surface area contributed by atoms with E-state index in [0.717, 1.165) is 12.8 Å². The normalized spacial score (nSPS) is 28.2. The lowest BCUT2D eigenvalue weighted by atomic mass is 9.71. The summed E-state index contributed by atoms with van der Waals surface area (Å²) < 4.78 is 0. The molecule has 0 fully saturated rings. The van der Waals surface area contributed by atoms with E-state index in [2.05, 4.69) is 20.4 Å². The highest BCUT2D eigenvalue weighted by atomic mass is 16.3. The smallest absolute Gasteiger partial charge is 0.0981 e. The maximum Gasteiger partial charge on any atom is 0.0981 e. The Kier molecular flexibility index (Phi) is 4.00. The third-order valence-corrected chi connectivity index (χ3v) is 3.48. The molecule has 0 aromatic rings. The zero-order valence-corrected chi connectivity index (χ0v) is 11.3. The molecular formula is C15H24O2. The number of aliphatic hydroxyl groups is 2. The molecule has 1 rings (SSSR count). The second kappa shape index (κ2) is 4.79. The fourth-order valence-corrected chi connectivity index (χ4v) is 2.50. The van der Waals surface area contributed by atoms with E-state index >= 15 is 0 Å². The number of aliphatic hydroxyl groups excluding tert-OH is 1. The molecule has 0 heterocycles. The van der Waals surface area contributed by atoms with Gasteiger partial charge in [0.1, 0.15) is 0 Å². The van der Waals surface area contributed by atoms with Gasteiger partial charge in [0.15, 0.2) is 0 Å². The molecule has 0 saturated carbocycles. The van der Waals surface area contributed by atoms with Gasteiger partial charge in [0.2, 0.25) is 0 Å². The highest BCUT2D eigenvalue weighted by Gasteiger charge is 2.31. The molecule has 1 unspecified atom stereocenters. The van der Waals surface area contributed by atoms with Crippen molar-refractivity contribution >= 4 is 0 Å². The van der Waals surface area contributed by atoms with Gasteiger partial charge in [-0.05, 0) is 43.8 Å². The third-order valence-electron chi connectivity index (χ3n) is 3.48. The summed E-state index contributed by atoms with van der Waals surface area (Å²) in [6.07, 6.45) is 6.49. The molecule has 0 spiro atoms. The van der Waals surface area contributed by atoms with E-state index in [1.165, 1.54) is 17.2 Å². The Morgan fingerprint density at radius 2 is 2.06 bits per heavy atom. The Bertz CT molecular complexity index is 359. The second-order valence-electron chi connectivity index (χ2n) is 5.90. The standard InChI is InChI=1S/C15H24O2/c1-6-15(5,17)8-7-13-11(2)9-12(16)10-14(13,3)4/h6-8,12,16-17H,1,9-10H2,2-5H3/t12-,15?/m1/s1. The van der Waals surface area contributed by atoms with Crippen molar-refractivity contribution < 1.29 is 10.2 Å². The van der Waals surface area contributed by atoms with Gasteiger partial charge in [-0.2, -0.15) is 0 Å². The second-order valence-corrected chi connectivity index (χ2v) is 5.90. The molecule has 1 aliphatic rings. The van der Waals surface area contributed by atoms with Crippen molar-refractivity contribution in [3.8, 4) is 0 Å². The van der Waals surface area contributed by atoms with Gasteiger partial charge < -0.3 is 10.2 Å². The predicted octanol–water partition coefficient (Wildman–Crippen LogP) is 2.98. The molecule has 0 bridgehead atoms. The lowest BCUT2D eigenvalue weighted by Crippen LogP contribution is -2.28. The van der Waals surface area contributed by atoms with E-state index in [1.54, 1.807) is 13.0 Å². The van der Waals surface area contributed by atoms with Crippen molar-refractivity contribution in [2.45, 2.75) is 52.2 Å². The van der Waals surface area contributed by atoms with Crippen molar-refractivity contribution in [1.82, 2.24) is 0 Å². The van der Waals surface area contributed by atoms with Gasteiger partial charge in [-0.15, -0.1) is 0 Å². The van der Waals surface area contributed by atoms with Gasteiger partial charge in [-0.3, -0.25) is 0 Å². The Morgan fingerprint density at radius 3 is 2.53 bits per heavy atom. The highest BCUT2D eigenvalue weighted by Crippen LogP contribution is 2.41. The van der Waals surface area contributed by atoms with Crippen LogP contribution < -0.4 is 0 Å². The molecule has 2 heteroatoms. The summed E-state index contributed by atoms with van der Waals surface area (Å²) in [7, 11) is 0. The molecule has 17 heavy (non-hydrogen) atoms. The average molecular weight is 236 g/mol. The van der Waals surface area contributed by atoms with Gasteiger partial charge >= 0.3 is 0 Å². The van der Waals surface area contributed by atoms with Crippen molar-refractivity contribution in [2.24, 2.45) is 5.41 Å². The molecule has 0 aromatic heterocycles. The highest BCUT2D eigenvalue weighted by molar-refractivity contribution is 5.35. The Labute approximate surface area is 104 Å². The van der Waals surface area contributed by atoms with Crippen molar-refractivity contribution in [3.63, 3.8) is 0 Å². The van der Waals surface area contributed by atoms with Crippen molar-refractivity contribution in [3.05, 3.63) is 36.0 Å². The first-order valence-corrected chi connectivity index (χ1v) is 6.11. The number of allylic oxidation sites excluding steroid dienone is 2. The van der Waals surface area contributed by atoms with Gasteiger partial charge in [0, 0.05) is 0 Å². The van der Waals surface area contributed by atoms with E-state index in [1.807, 2.05) is 13.0 Å². The SMILES string of the molecule is C=CC(C)(O)C=CC1=C(C)C[C@@H](O)CC1(C)C. The van der Waals surface area contributed by atoms with Gasteiger partial charge in [0.05, 0.1) is 11.7 Å². The van der Waals surface area contributed by atoms with E-state index in [4.69, 9.17) is 0 Å². The van der Waals surface area contributed by atoms with Crippen LogP contribution in [0.3, 0.4) is 0 Å². The molecule has 1 aliphatic carbocycles. The quantitative estimate of drug-likeness (QED) is 0.740. The van der Waals surface area contributed by atoms with E-state index in [-0.39, 0.29) is 11.5 Å². The first-order valence-electron chi connectivity index (χ1n) is 6.11. The first kappa shape index (κ1) is 14.2. The Balaban J connectivity index is 3.03. The number of rotatable bonds is 3. The van der Waals surface area contributed by atoms with Crippen molar-refractivity contribution in [1.29, 1.82) is 0 Å². The molecule has 0 amide bonds. The summed E-state index contributed by atoms with van der Waals surface area (Å²) in [5.74, 6) is 0. The number of hydrogen-bond donors (Lipinski definition) is 2. The van der Waals surface area contributed by atoms with Crippen LogP contribution in [0.5, 0.6) is 0 Å². The van der Waals surface area contributed by atoms with E-state index < -0.39 is 5.60 Å². The topological polar surface area (TPSA) is 40.5 Å². The molecule has 0 aliphatic heterocycles. The maximum atomic E-state index is 9.89. The third kappa shape index (κ3) is 3.55. The summed E-state index contributed by atoms with van der Waals surface area (Å²) in [6, 6.07) is 0. The summed E-state index contributed by atoms with van der Waals surface area (Å²) >= 11 is 0. The fraction of sp³-hybridized carbons (Fsp3) is 0.600. The minimum absolute atomic E-state index is 0.0461. The van der Waals surface area contributed by atoms with Crippen LogP contribution in [-0.4, -0.2) is 21.9 Å². The van der Waals surface area contributed by atoms with E-state index in [9.17, 15) is 10.2 Å². The maximum absolute atomic E-state index is 9.89. The largest absolute Gasteiger partial charge is 0.393 e. The summed E-state index contributed by atoms with van der Waals surface area (Å²) in [5, 5.41) is 19.7. The first-order chi connectivity index (χ1) is 7.68. The fourth-order valence-electron chi connectivity index (χ4n) is 2.50. The van der Waals surface area contributed by atoms with Gasteiger partial charge in [-0.1, -0.05) is 38.2 Å². The van der Waals surface area contributed by atoms with Crippen LogP contribution in [0.2, 0.25) is 0 Å². The van der Waals surface area contributed by atoms with Crippen LogP contribution in [0.25, 0.3) is 0 Å². The monoisotopic (exact) mass is 236 g/mol. The molecule has 96 valence electrons. The molecule has 2 nitrogen and oxygen atoms in total. The zero-order chi connectivity index (χ0) is 13.3. The lowest BCUT2D eigenvalue weighted by molar-refractivity contribution is 0.116. The van der Waals surface area contributed by atoms with E-state index in [0.29, 0.717) is 0 Å². The minimum atomic E-state index is -0.973. The molecule has 0 saturated heterocycles. The van der Waals surface area contributed by atoms with Gasteiger partial charge in [0.25, 0.3) is 0 Å². The Hall–Kier alpha value is -0.860. The van der Waals surface area contributed by atoms with Gasteiger partial charge in [-0.25, -0.2) is 0 Å². The van der Waals surface area contributed by atoms with Crippen LogP contribution in [0.15, 0.2) is 36.0 Å². The van der Waals surface area contributed by atoms with Crippen LogP contribution in [0.4, 0.5) is 0 Å². The van der Waals surface area contributed by atoms with Crippen LogP contribution in [0, 0.1) is 5.41 Å². The molecule has 0 radical (unpaired) electrons. The van der Waals surface area contributed by atoms with Crippen LogP contribution in [0.1, 0.15) is 40.5 Å². The minimum Gasteiger partial charge on any atom is -0.393 e. The summed E-state index contributed by atoms with van der Waals surface area (Å²) in [4.78, 5) is 0. The average Bonchev–Trinajstić information content (AvgIpc) is 2.14. The van der Waals surface area contributed by atoms with Crippen molar-refractivity contribution in [2.75, 3.05) is 0 Å². The van der Waals surface area contributed by atoms with Crippen LogP contribution in [-0.2, 0) is 0 Å². The lowest BCUT2D eigenvalue weighted by Gasteiger charge is -2.36. The van der Waals surface area contributed by atoms with Crippen LogP contribution >= 0.6 is 0 Å². The molecule has 0 aromatic carbocycles. The molecule has 2 N–H and O–H groups in total.